The second kappa shape index (κ2) is 6.23. The number of rotatable bonds is 3. The zero-order valence-corrected chi connectivity index (χ0v) is 15.3. The van der Waals surface area contributed by atoms with Gasteiger partial charge in [0.1, 0.15) is 11.4 Å². The first-order valence-corrected chi connectivity index (χ1v) is 7.79. The maximum atomic E-state index is 12.2. The number of hydrogen-bond donors (Lipinski definition) is 1. The predicted octanol–water partition coefficient (Wildman–Crippen LogP) is 3.35. The van der Waals surface area contributed by atoms with Crippen LogP contribution in [-0.2, 0) is 4.74 Å². The Morgan fingerprint density at radius 3 is 2.64 bits per heavy atom. The first-order chi connectivity index (χ1) is 10.2. The van der Waals surface area contributed by atoms with Gasteiger partial charge < -0.3 is 14.5 Å². The molecule has 0 aliphatic rings. The van der Waals surface area contributed by atoms with Gasteiger partial charge in [-0.3, -0.25) is 0 Å². The Balaban J connectivity index is 2.45. The Morgan fingerprint density at radius 1 is 1.36 bits per heavy atom. The van der Waals surface area contributed by atoms with E-state index in [2.05, 4.69) is 37.5 Å². The van der Waals surface area contributed by atoms with Gasteiger partial charge in [0.25, 0.3) is 0 Å². The Hall–Kier alpha value is -1.64. The van der Waals surface area contributed by atoms with E-state index < -0.39 is 11.6 Å². The van der Waals surface area contributed by atoms with Crippen LogP contribution in [0.3, 0.4) is 0 Å². The highest BCUT2D eigenvalue weighted by Gasteiger charge is 2.24. The summed E-state index contributed by atoms with van der Waals surface area (Å²) in [6.45, 7) is 7.24. The molecule has 0 aromatic carbocycles. The zero-order valence-electron chi connectivity index (χ0n) is 13.2. The van der Waals surface area contributed by atoms with Gasteiger partial charge in [0.05, 0.1) is 12.7 Å². The van der Waals surface area contributed by atoms with E-state index in [9.17, 15) is 4.79 Å². The minimum absolute atomic E-state index is 0.270. The highest BCUT2D eigenvalue weighted by molar-refractivity contribution is 14.1. The molecule has 22 heavy (non-hydrogen) atoms. The van der Waals surface area contributed by atoms with Crippen molar-refractivity contribution in [1.82, 2.24) is 15.0 Å². The molecule has 2 heterocycles. The van der Waals surface area contributed by atoms with E-state index in [4.69, 9.17) is 9.47 Å². The van der Waals surface area contributed by atoms with Gasteiger partial charge in [0.15, 0.2) is 5.69 Å². The number of pyridine rings is 1. The summed E-state index contributed by atoms with van der Waals surface area (Å²) in [5, 5.41) is 0. The molecule has 0 radical (unpaired) electrons. The molecule has 0 fully saturated rings. The lowest BCUT2D eigenvalue weighted by Crippen LogP contribution is -2.24. The van der Waals surface area contributed by atoms with Crippen molar-refractivity contribution < 1.29 is 14.3 Å². The summed E-state index contributed by atoms with van der Waals surface area (Å²) in [6, 6.07) is 1.85. The van der Waals surface area contributed by atoms with Gasteiger partial charge in [-0.25, -0.2) is 14.8 Å². The fourth-order valence-corrected chi connectivity index (χ4v) is 2.54. The number of carbonyl (C=O) groups excluding carboxylic acids is 1. The summed E-state index contributed by atoms with van der Waals surface area (Å²) >= 11 is 2.18. The molecule has 1 N–H and O–H groups in total. The van der Waals surface area contributed by atoms with E-state index in [0.29, 0.717) is 17.4 Å². The summed E-state index contributed by atoms with van der Waals surface area (Å²) in [7, 11) is 1.55. The molecule has 0 unspecified atom stereocenters. The van der Waals surface area contributed by atoms with Crippen LogP contribution in [0.25, 0.3) is 11.4 Å². The molecular weight excluding hydrogens is 397 g/mol. The third-order valence-corrected chi connectivity index (χ3v) is 3.67. The van der Waals surface area contributed by atoms with Crippen molar-refractivity contribution in [3.05, 3.63) is 27.2 Å². The van der Waals surface area contributed by atoms with Crippen molar-refractivity contribution in [2.24, 2.45) is 0 Å². The van der Waals surface area contributed by atoms with E-state index in [1.54, 1.807) is 20.2 Å². The van der Waals surface area contributed by atoms with Gasteiger partial charge in [-0.15, -0.1) is 0 Å². The normalized spacial score (nSPS) is 11.4. The predicted molar refractivity (Wildman–Crippen MR) is 91.0 cm³/mol. The van der Waals surface area contributed by atoms with Crippen molar-refractivity contribution in [2.45, 2.75) is 33.3 Å². The summed E-state index contributed by atoms with van der Waals surface area (Å²) in [4.78, 5) is 23.9. The molecule has 6 nitrogen and oxygen atoms in total. The van der Waals surface area contributed by atoms with Crippen LogP contribution < -0.4 is 4.74 Å². The molecular formula is C15H18IN3O3. The average molecular weight is 415 g/mol. The SMILES string of the molecule is COc1nccc(I)c1-c1nc(C(=O)OC(C)(C)C)c(C)[nH]1. The molecule has 0 aliphatic heterocycles. The molecule has 118 valence electrons. The highest BCUT2D eigenvalue weighted by atomic mass is 127. The number of imidazole rings is 1. The fraction of sp³-hybridized carbons (Fsp3) is 0.400. The number of H-pyrrole nitrogens is 1. The minimum atomic E-state index is -0.566. The van der Waals surface area contributed by atoms with Crippen LogP contribution in [-0.4, -0.2) is 33.6 Å². The third kappa shape index (κ3) is 3.57. The zero-order chi connectivity index (χ0) is 16.5. The Labute approximate surface area is 142 Å². The van der Waals surface area contributed by atoms with Crippen LogP contribution in [0.4, 0.5) is 0 Å². The van der Waals surface area contributed by atoms with Gasteiger partial charge in [-0.05, 0) is 56.4 Å². The van der Waals surface area contributed by atoms with Gasteiger partial charge in [0.2, 0.25) is 5.88 Å². The lowest BCUT2D eigenvalue weighted by atomic mass is 10.2. The number of aromatic amines is 1. The van der Waals surface area contributed by atoms with Gasteiger partial charge in [0, 0.05) is 15.5 Å². The van der Waals surface area contributed by atoms with Crippen LogP contribution in [0.15, 0.2) is 12.3 Å². The molecule has 2 aromatic rings. The van der Waals surface area contributed by atoms with E-state index >= 15 is 0 Å². The number of halogens is 1. The smallest absolute Gasteiger partial charge is 0.359 e. The van der Waals surface area contributed by atoms with Crippen molar-refractivity contribution in [2.75, 3.05) is 7.11 Å². The largest absolute Gasteiger partial charge is 0.480 e. The van der Waals surface area contributed by atoms with Crippen LogP contribution in [0.5, 0.6) is 5.88 Å². The molecule has 7 heteroatoms. The van der Waals surface area contributed by atoms with Crippen LogP contribution in [0.2, 0.25) is 0 Å². The number of nitrogens with zero attached hydrogens (tertiary/aromatic N) is 2. The monoisotopic (exact) mass is 415 g/mol. The lowest BCUT2D eigenvalue weighted by molar-refractivity contribution is 0.00627. The van der Waals surface area contributed by atoms with Crippen molar-refractivity contribution in [3.8, 4) is 17.3 Å². The number of aryl methyl sites for hydroxylation is 1. The number of carbonyl (C=O) groups is 1. The summed E-state index contributed by atoms with van der Waals surface area (Å²) in [5.74, 6) is 0.537. The van der Waals surface area contributed by atoms with Crippen molar-refractivity contribution in [3.63, 3.8) is 0 Å². The highest BCUT2D eigenvalue weighted by Crippen LogP contribution is 2.31. The van der Waals surface area contributed by atoms with Gasteiger partial charge in [-0.2, -0.15) is 0 Å². The Kier molecular flexibility index (Phi) is 4.74. The van der Waals surface area contributed by atoms with Crippen LogP contribution >= 0.6 is 22.6 Å². The molecule has 2 rings (SSSR count). The Bertz CT molecular complexity index is 705. The Morgan fingerprint density at radius 2 is 2.05 bits per heavy atom. The fourth-order valence-electron chi connectivity index (χ4n) is 1.89. The van der Waals surface area contributed by atoms with E-state index in [0.717, 1.165) is 9.13 Å². The quantitative estimate of drug-likeness (QED) is 0.615. The molecule has 0 saturated heterocycles. The van der Waals surface area contributed by atoms with E-state index in [1.165, 1.54) is 0 Å². The lowest BCUT2D eigenvalue weighted by Gasteiger charge is -2.18. The van der Waals surface area contributed by atoms with E-state index in [1.807, 2.05) is 26.8 Å². The number of hydrogen-bond acceptors (Lipinski definition) is 5. The first kappa shape index (κ1) is 16.7. The van der Waals surface area contributed by atoms with Gasteiger partial charge in [-0.1, -0.05) is 0 Å². The van der Waals surface area contributed by atoms with Crippen molar-refractivity contribution >= 4 is 28.6 Å². The molecule has 0 saturated carbocycles. The standard InChI is InChI=1S/C15H18IN3O3/c1-8-11(14(20)22-15(2,3)4)19-12(18-8)10-9(16)6-7-17-13(10)21-5/h6-7H,1-5H3,(H,18,19). The number of aromatic nitrogens is 3. The summed E-state index contributed by atoms with van der Waals surface area (Å²) in [6.07, 6.45) is 1.66. The summed E-state index contributed by atoms with van der Waals surface area (Å²) in [5.41, 5.74) is 1.07. The number of nitrogens with one attached hydrogen (secondary N) is 1. The van der Waals surface area contributed by atoms with E-state index in [-0.39, 0.29) is 5.69 Å². The first-order valence-electron chi connectivity index (χ1n) is 6.71. The van der Waals surface area contributed by atoms with Gasteiger partial charge >= 0.3 is 5.97 Å². The molecule has 0 spiro atoms. The third-order valence-electron chi connectivity index (χ3n) is 2.77. The molecule has 2 aromatic heterocycles. The molecule has 0 amide bonds. The topological polar surface area (TPSA) is 77.1 Å². The maximum Gasteiger partial charge on any atom is 0.359 e. The maximum absolute atomic E-state index is 12.2. The molecule has 0 atom stereocenters. The molecule has 0 aliphatic carbocycles. The van der Waals surface area contributed by atoms with Crippen LogP contribution in [0, 0.1) is 10.5 Å². The van der Waals surface area contributed by atoms with Crippen LogP contribution in [0.1, 0.15) is 37.0 Å². The second-order valence-electron chi connectivity index (χ2n) is 5.74. The number of methoxy groups -OCH3 is 1. The second-order valence-corrected chi connectivity index (χ2v) is 6.90. The molecule has 0 bridgehead atoms. The summed E-state index contributed by atoms with van der Waals surface area (Å²) < 4.78 is 11.6. The number of ether oxygens (including phenoxy) is 2. The van der Waals surface area contributed by atoms with Crippen molar-refractivity contribution in [1.29, 1.82) is 0 Å². The number of esters is 1. The minimum Gasteiger partial charge on any atom is -0.480 e. The average Bonchev–Trinajstić information content (AvgIpc) is 2.78.